The Bertz CT molecular complexity index is 793. The van der Waals surface area contributed by atoms with E-state index in [1.807, 2.05) is 4.68 Å². The van der Waals surface area contributed by atoms with Gasteiger partial charge in [0.1, 0.15) is 0 Å². The quantitative estimate of drug-likeness (QED) is 0.669. The molecule has 3 heterocycles. The lowest BCUT2D eigenvalue weighted by Gasteiger charge is -2.39. The largest absolute Gasteiger partial charge is 0.369 e. The number of tetrazole rings is 1. The fourth-order valence-electron chi connectivity index (χ4n) is 3.65. The number of thiophene rings is 1. The summed E-state index contributed by atoms with van der Waals surface area (Å²) in [6.45, 7) is 7.09. The lowest BCUT2D eigenvalue weighted by molar-refractivity contribution is 0.170. The molecule has 0 aliphatic carbocycles. The van der Waals surface area contributed by atoms with Gasteiger partial charge in [0.2, 0.25) is 0 Å². The van der Waals surface area contributed by atoms with Crippen LogP contribution in [0.15, 0.2) is 47.8 Å². The SMILES string of the molecule is CC[C@H](c1nnnn1Cc1cccs1)N1CCN(c2ccccc2)CC1. The number of piperazine rings is 1. The molecule has 136 valence electrons. The molecule has 0 bridgehead atoms. The minimum absolute atomic E-state index is 0.267. The van der Waals surface area contributed by atoms with E-state index in [9.17, 15) is 0 Å². The maximum absolute atomic E-state index is 4.37. The van der Waals surface area contributed by atoms with E-state index in [2.05, 4.69) is 80.1 Å². The number of rotatable bonds is 6. The van der Waals surface area contributed by atoms with Crippen molar-refractivity contribution in [3.8, 4) is 0 Å². The van der Waals surface area contributed by atoms with Crippen LogP contribution in [0.4, 0.5) is 5.69 Å². The summed E-state index contributed by atoms with van der Waals surface area (Å²) in [7, 11) is 0. The van der Waals surface area contributed by atoms with Gasteiger partial charge in [-0.15, -0.1) is 16.4 Å². The van der Waals surface area contributed by atoms with E-state index < -0.39 is 0 Å². The fraction of sp³-hybridized carbons (Fsp3) is 0.421. The molecule has 1 fully saturated rings. The molecular formula is C19H24N6S. The van der Waals surface area contributed by atoms with Crippen LogP contribution in [-0.2, 0) is 6.54 Å². The molecule has 4 rings (SSSR count). The Balaban J connectivity index is 1.45. The third-order valence-corrected chi connectivity index (χ3v) is 5.87. The van der Waals surface area contributed by atoms with Crippen molar-refractivity contribution in [2.45, 2.75) is 25.9 Å². The average Bonchev–Trinajstić information content (AvgIpc) is 3.37. The molecule has 1 aliphatic heterocycles. The summed E-state index contributed by atoms with van der Waals surface area (Å²) >= 11 is 1.75. The van der Waals surface area contributed by atoms with Crippen LogP contribution in [0.2, 0.25) is 0 Å². The van der Waals surface area contributed by atoms with Gasteiger partial charge in [0.05, 0.1) is 12.6 Å². The average molecular weight is 369 g/mol. The van der Waals surface area contributed by atoms with Gasteiger partial charge in [-0.25, -0.2) is 4.68 Å². The Kier molecular flexibility index (Phi) is 5.26. The van der Waals surface area contributed by atoms with Gasteiger partial charge in [0, 0.05) is 36.7 Å². The molecule has 0 N–H and O–H groups in total. The highest BCUT2D eigenvalue weighted by atomic mass is 32.1. The first-order valence-corrected chi connectivity index (χ1v) is 10.1. The highest BCUT2D eigenvalue weighted by Gasteiger charge is 2.28. The second-order valence-electron chi connectivity index (χ2n) is 6.56. The van der Waals surface area contributed by atoms with E-state index in [4.69, 9.17) is 0 Å². The third-order valence-electron chi connectivity index (χ3n) is 5.01. The maximum Gasteiger partial charge on any atom is 0.168 e. The molecule has 26 heavy (non-hydrogen) atoms. The maximum atomic E-state index is 4.37. The predicted octanol–water partition coefficient (Wildman–Crippen LogP) is 3.06. The van der Waals surface area contributed by atoms with E-state index >= 15 is 0 Å². The van der Waals surface area contributed by atoms with Crippen LogP contribution < -0.4 is 4.90 Å². The van der Waals surface area contributed by atoms with Crippen LogP contribution in [0, 0.1) is 0 Å². The number of benzene rings is 1. The third kappa shape index (κ3) is 3.64. The molecule has 2 aromatic heterocycles. The van der Waals surface area contributed by atoms with Crippen LogP contribution in [0.25, 0.3) is 0 Å². The fourth-order valence-corrected chi connectivity index (χ4v) is 4.33. The van der Waals surface area contributed by atoms with Gasteiger partial charge < -0.3 is 4.90 Å². The summed E-state index contributed by atoms with van der Waals surface area (Å²) in [6.07, 6.45) is 1.01. The normalized spacial score (nSPS) is 16.7. The Labute approximate surface area is 158 Å². The van der Waals surface area contributed by atoms with Crippen molar-refractivity contribution in [1.29, 1.82) is 0 Å². The van der Waals surface area contributed by atoms with E-state index in [1.165, 1.54) is 10.6 Å². The molecule has 1 saturated heterocycles. The number of nitrogens with zero attached hydrogens (tertiary/aromatic N) is 6. The van der Waals surface area contributed by atoms with Crippen molar-refractivity contribution in [2.24, 2.45) is 0 Å². The van der Waals surface area contributed by atoms with Gasteiger partial charge in [-0.2, -0.15) is 0 Å². The van der Waals surface area contributed by atoms with Gasteiger partial charge in [-0.05, 0) is 40.4 Å². The molecule has 0 radical (unpaired) electrons. The second kappa shape index (κ2) is 7.97. The molecule has 0 amide bonds. The summed E-state index contributed by atoms with van der Waals surface area (Å²) in [5.41, 5.74) is 1.31. The first-order chi connectivity index (χ1) is 12.8. The number of hydrogen-bond donors (Lipinski definition) is 0. The molecule has 0 unspecified atom stereocenters. The lowest BCUT2D eigenvalue weighted by Crippen LogP contribution is -2.48. The molecule has 1 aromatic carbocycles. The van der Waals surface area contributed by atoms with E-state index in [0.717, 1.165) is 45.0 Å². The second-order valence-corrected chi connectivity index (χ2v) is 7.59. The van der Waals surface area contributed by atoms with Crippen LogP contribution >= 0.6 is 11.3 Å². The van der Waals surface area contributed by atoms with Crippen molar-refractivity contribution in [2.75, 3.05) is 31.1 Å². The lowest BCUT2D eigenvalue weighted by atomic mass is 10.1. The molecule has 1 atom stereocenters. The number of aromatic nitrogens is 4. The standard InChI is InChI=1S/C19H24N6S/c1-2-18(19-20-21-22-25(19)15-17-9-6-14-26-17)24-12-10-23(11-13-24)16-7-4-3-5-8-16/h3-9,14,18H,2,10-13,15H2,1H3/t18-/m1/s1. The van der Waals surface area contributed by atoms with Crippen molar-refractivity contribution in [3.63, 3.8) is 0 Å². The topological polar surface area (TPSA) is 50.1 Å². The molecule has 0 saturated carbocycles. The molecule has 3 aromatic rings. The zero-order chi connectivity index (χ0) is 17.8. The Hall–Kier alpha value is -2.25. The molecule has 7 heteroatoms. The molecular weight excluding hydrogens is 344 g/mol. The Morgan fingerprint density at radius 2 is 1.85 bits per heavy atom. The van der Waals surface area contributed by atoms with Gasteiger partial charge in [0.25, 0.3) is 0 Å². The first kappa shape index (κ1) is 17.2. The van der Waals surface area contributed by atoms with Gasteiger partial charge in [-0.1, -0.05) is 31.2 Å². The highest BCUT2D eigenvalue weighted by Crippen LogP contribution is 2.25. The minimum Gasteiger partial charge on any atom is -0.369 e. The van der Waals surface area contributed by atoms with Crippen molar-refractivity contribution < 1.29 is 0 Å². The highest BCUT2D eigenvalue weighted by molar-refractivity contribution is 7.09. The smallest absolute Gasteiger partial charge is 0.168 e. The zero-order valence-electron chi connectivity index (χ0n) is 15.0. The summed E-state index contributed by atoms with van der Waals surface area (Å²) in [4.78, 5) is 6.26. The molecule has 1 aliphatic rings. The predicted molar refractivity (Wildman–Crippen MR) is 104 cm³/mol. The van der Waals surface area contributed by atoms with E-state index in [1.54, 1.807) is 11.3 Å². The van der Waals surface area contributed by atoms with Crippen molar-refractivity contribution in [1.82, 2.24) is 25.1 Å². The van der Waals surface area contributed by atoms with Gasteiger partial charge in [-0.3, -0.25) is 4.90 Å². The van der Waals surface area contributed by atoms with Gasteiger partial charge >= 0.3 is 0 Å². The number of hydrogen-bond acceptors (Lipinski definition) is 6. The number of para-hydroxylation sites is 1. The van der Waals surface area contributed by atoms with Crippen LogP contribution in [0.1, 0.15) is 30.1 Å². The molecule has 6 nitrogen and oxygen atoms in total. The van der Waals surface area contributed by atoms with Crippen LogP contribution in [0.5, 0.6) is 0 Å². The number of anilines is 1. The van der Waals surface area contributed by atoms with Crippen LogP contribution in [-0.4, -0.2) is 51.3 Å². The van der Waals surface area contributed by atoms with E-state index in [-0.39, 0.29) is 6.04 Å². The van der Waals surface area contributed by atoms with Gasteiger partial charge in [0.15, 0.2) is 5.82 Å². The summed E-state index contributed by atoms with van der Waals surface area (Å²) in [5.74, 6) is 0.981. The Morgan fingerprint density at radius 3 is 2.54 bits per heavy atom. The minimum atomic E-state index is 0.267. The zero-order valence-corrected chi connectivity index (χ0v) is 15.8. The van der Waals surface area contributed by atoms with Crippen molar-refractivity contribution >= 4 is 17.0 Å². The van der Waals surface area contributed by atoms with Crippen LogP contribution in [0.3, 0.4) is 0 Å². The summed E-state index contributed by atoms with van der Waals surface area (Å²) < 4.78 is 1.96. The summed E-state index contributed by atoms with van der Waals surface area (Å²) in [5, 5.41) is 14.7. The Morgan fingerprint density at radius 1 is 1.04 bits per heavy atom. The molecule has 0 spiro atoms. The summed E-state index contributed by atoms with van der Waals surface area (Å²) in [6, 6.07) is 15.1. The monoisotopic (exact) mass is 368 g/mol. The first-order valence-electron chi connectivity index (χ1n) is 9.17. The van der Waals surface area contributed by atoms with Crippen molar-refractivity contribution in [3.05, 3.63) is 58.5 Å². The van der Waals surface area contributed by atoms with E-state index in [0.29, 0.717) is 0 Å².